The summed E-state index contributed by atoms with van der Waals surface area (Å²) in [5.41, 5.74) is 0.0419. The van der Waals surface area contributed by atoms with Gasteiger partial charge in [-0.2, -0.15) is 15.0 Å². The van der Waals surface area contributed by atoms with E-state index in [4.69, 9.17) is 0 Å². The summed E-state index contributed by atoms with van der Waals surface area (Å²) >= 11 is 0. The van der Waals surface area contributed by atoms with Gasteiger partial charge in [-0.1, -0.05) is 0 Å². The first-order valence-corrected chi connectivity index (χ1v) is 7.28. The molecule has 0 radical (unpaired) electrons. The average Bonchev–Trinajstić information content (AvgIpc) is 3.06. The third kappa shape index (κ3) is 2.77. The summed E-state index contributed by atoms with van der Waals surface area (Å²) in [4.78, 5) is 15.4. The van der Waals surface area contributed by atoms with E-state index in [1.165, 1.54) is 12.8 Å². The highest BCUT2D eigenvalue weighted by Crippen LogP contribution is 2.44. The van der Waals surface area contributed by atoms with Crippen molar-refractivity contribution in [2.24, 2.45) is 5.41 Å². The first-order chi connectivity index (χ1) is 9.74. The van der Waals surface area contributed by atoms with Crippen LogP contribution < -0.4 is 15.5 Å². The van der Waals surface area contributed by atoms with Gasteiger partial charge < -0.3 is 20.6 Å². The van der Waals surface area contributed by atoms with Gasteiger partial charge in [0.05, 0.1) is 6.61 Å². The highest BCUT2D eigenvalue weighted by molar-refractivity contribution is 5.44. The number of hydrogen-bond donors (Lipinski definition) is 3. The molecule has 7 heteroatoms. The van der Waals surface area contributed by atoms with E-state index in [0.717, 1.165) is 38.4 Å². The zero-order valence-electron chi connectivity index (χ0n) is 11.9. The lowest BCUT2D eigenvalue weighted by Gasteiger charge is -2.18. The van der Waals surface area contributed by atoms with E-state index >= 15 is 0 Å². The van der Waals surface area contributed by atoms with E-state index in [-0.39, 0.29) is 12.0 Å². The Labute approximate surface area is 118 Å². The van der Waals surface area contributed by atoms with Gasteiger partial charge in [-0.05, 0) is 25.7 Å². The maximum Gasteiger partial charge on any atom is 0.231 e. The highest BCUT2D eigenvalue weighted by Gasteiger charge is 2.41. The monoisotopic (exact) mass is 278 g/mol. The van der Waals surface area contributed by atoms with Crippen molar-refractivity contribution in [2.45, 2.75) is 25.7 Å². The van der Waals surface area contributed by atoms with Crippen molar-refractivity contribution >= 4 is 17.8 Å². The highest BCUT2D eigenvalue weighted by atomic mass is 16.3. The molecule has 0 aromatic carbocycles. The fourth-order valence-corrected chi connectivity index (χ4v) is 2.45. The van der Waals surface area contributed by atoms with Crippen molar-refractivity contribution in [3.05, 3.63) is 0 Å². The van der Waals surface area contributed by atoms with Crippen LogP contribution >= 0.6 is 0 Å². The summed E-state index contributed by atoms with van der Waals surface area (Å²) in [5.74, 6) is 1.91. The van der Waals surface area contributed by atoms with Crippen molar-refractivity contribution in [2.75, 3.05) is 48.8 Å². The first kappa shape index (κ1) is 13.4. The SMILES string of the molecule is CNc1nc(NCC2(CO)CC2)nc(N2CCCC2)n1. The minimum Gasteiger partial charge on any atom is -0.396 e. The standard InChI is InChI=1S/C13H22N6O/c1-14-10-16-11(15-8-13(9-20)4-5-13)18-12(17-10)19-6-2-3-7-19/h20H,2-9H2,1H3,(H2,14,15,16,17,18). The molecule has 3 N–H and O–H groups in total. The van der Waals surface area contributed by atoms with Gasteiger partial charge in [-0.15, -0.1) is 0 Å². The largest absolute Gasteiger partial charge is 0.396 e. The fraction of sp³-hybridized carbons (Fsp3) is 0.769. The zero-order chi connectivity index (χ0) is 14.0. The van der Waals surface area contributed by atoms with Crippen LogP contribution in [-0.2, 0) is 0 Å². The molecule has 2 aliphatic rings. The smallest absolute Gasteiger partial charge is 0.231 e. The quantitative estimate of drug-likeness (QED) is 0.706. The van der Waals surface area contributed by atoms with Gasteiger partial charge in [0.25, 0.3) is 0 Å². The molecule has 1 saturated heterocycles. The van der Waals surface area contributed by atoms with Crippen LogP contribution in [0, 0.1) is 5.41 Å². The number of nitrogens with zero attached hydrogens (tertiary/aromatic N) is 4. The van der Waals surface area contributed by atoms with Gasteiger partial charge in [0.1, 0.15) is 0 Å². The lowest BCUT2D eigenvalue weighted by atomic mass is 10.1. The van der Waals surface area contributed by atoms with Crippen LogP contribution in [0.5, 0.6) is 0 Å². The normalized spacial score (nSPS) is 20.0. The Bertz CT molecular complexity index is 470. The van der Waals surface area contributed by atoms with Crippen LogP contribution in [0.4, 0.5) is 17.8 Å². The molecule has 1 aromatic heterocycles. The molecule has 0 amide bonds. The number of hydrogen-bond acceptors (Lipinski definition) is 7. The average molecular weight is 278 g/mol. The second-order valence-corrected chi connectivity index (χ2v) is 5.74. The van der Waals surface area contributed by atoms with Crippen LogP contribution in [0.1, 0.15) is 25.7 Å². The molecule has 0 bridgehead atoms. The van der Waals surface area contributed by atoms with Crippen LogP contribution in [0.25, 0.3) is 0 Å². The number of nitrogens with one attached hydrogen (secondary N) is 2. The van der Waals surface area contributed by atoms with Crippen LogP contribution in [0.2, 0.25) is 0 Å². The van der Waals surface area contributed by atoms with Gasteiger partial charge in [0, 0.05) is 32.1 Å². The van der Waals surface area contributed by atoms with E-state index in [2.05, 4.69) is 30.5 Å². The van der Waals surface area contributed by atoms with E-state index in [1.807, 2.05) is 7.05 Å². The predicted molar refractivity (Wildman–Crippen MR) is 78.1 cm³/mol. The molecule has 0 atom stereocenters. The number of aliphatic hydroxyl groups excluding tert-OH is 1. The molecule has 1 aromatic rings. The molecule has 1 aliphatic heterocycles. The first-order valence-electron chi connectivity index (χ1n) is 7.28. The molecule has 110 valence electrons. The molecule has 1 aliphatic carbocycles. The molecule has 2 heterocycles. The number of rotatable bonds is 6. The van der Waals surface area contributed by atoms with Gasteiger partial charge in [0.15, 0.2) is 0 Å². The van der Waals surface area contributed by atoms with Gasteiger partial charge >= 0.3 is 0 Å². The predicted octanol–water partition coefficient (Wildman–Crippen LogP) is 0.698. The topological polar surface area (TPSA) is 86.2 Å². The molecular weight excluding hydrogens is 256 g/mol. The van der Waals surface area contributed by atoms with Crippen molar-refractivity contribution in [3.8, 4) is 0 Å². The second kappa shape index (κ2) is 5.40. The minimum atomic E-state index is 0.0419. The maximum atomic E-state index is 9.35. The molecule has 0 unspecified atom stereocenters. The van der Waals surface area contributed by atoms with E-state index in [0.29, 0.717) is 11.9 Å². The number of anilines is 3. The molecular formula is C13H22N6O. The Morgan fingerprint density at radius 1 is 1.15 bits per heavy atom. The fourth-order valence-electron chi connectivity index (χ4n) is 2.45. The molecule has 1 saturated carbocycles. The molecule has 3 rings (SSSR count). The lowest BCUT2D eigenvalue weighted by molar-refractivity contribution is 0.219. The van der Waals surface area contributed by atoms with Gasteiger partial charge in [-0.3, -0.25) is 0 Å². The maximum absolute atomic E-state index is 9.35. The summed E-state index contributed by atoms with van der Waals surface area (Å²) in [5, 5.41) is 15.6. The molecule has 7 nitrogen and oxygen atoms in total. The van der Waals surface area contributed by atoms with Crippen LogP contribution in [0.3, 0.4) is 0 Å². The Balaban J connectivity index is 1.73. The molecule has 20 heavy (non-hydrogen) atoms. The van der Waals surface area contributed by atoms with Crippen LogP contribution in [0.15, 0.2) is 0 Å². The summed E-state index contributed by atoms with van der Waals surface area (Å²) in [6.45, 7) is 2.96. The molecule has 0 spiro atoms. The molecule has 2 fully saturated rings. The third-order valence-electron chi connectivity index (χ3n) is 4.15. The minimum absolute atomic E-state index is 0.0419. The summed E-state index contributed by atoms with van der Waals surface area (Å²) in [7, 11) is 1.81. The van der Waals surface area contributed by atoms with Crippen molar-refractivity contribution in [3.63, 3.8) is 0 Å². The summed E-state index contributed by atoms with van der Waals surface area (Å²) in [6.07, 6.45) is 4.52. The van der Waals surface area contributed by atoms with Crippen molar-refractivity contribution in [1.29, 1.82) is 0 Å². The Morgan fingerprint density at radius 3 is 2.45 bits per heavy atom. The summed E-state index contributed by atoms with van der Waals surface area (Å²) < 4.78 is 0. The Morgan fingerprint density at radius 2 is 1.85 bits per heavy atom. The Hall–Kier alpha value is -1.63. The summed E-state index contributed by atoms with van der Waals surface area (Å²) in [6, 6.07) is 0. The van der Waals surface area contributed by atoms with Crippen LogP contribution in [-0.4, -0.2) is 53.3 Å². The van der Waals surface area contributed by atoms with Gasteiger partial charge in [-0.25, -0.2) is 0 Å². The Kier molecular flexibility index (Phi) is 3.60. The second-order valence-electron chi connectivity index (χ2n) is 5.74. The lowest BCUT2D eigenvalue weighted by Crippen LogP contribution is -2.24. The zero-order valence-corrected chi connectivity index (χ0v) is 11.9. The van der Waals surface area contributed by atoms with Crippen molar-refractivity contribution in [1.82, 2.24) is 15.0 Å². The number of aliphatic hydroxyl groups is 1. The third-order valence-corrected chi connectivity index (χ3v) is 4.15. The van der Waals surface area contributed by atoms with Gasteiger partial charge in [0.2, 0.25) is 17.8 Å². The van der Waals surface area contributed by atoms with E-state index in [1.54, 1.807) is 0 Å². The van der Waals surface area contributed by atoms with Crippen molar-refractivity contribution < 1.29 is 5.11 Å². The number of aromatic nitrogens is 3. The van der Waals surface area contributed by atoms with E-state index in [9.17, 15) is 5.11 Å². The van der Waals surface area contributed by atoms with E-state index < -0.39 is 0 Å².